The Morgan fingerprint density at radius 2 is 2.05 bits per heavy atom. The number of benzene rings is 1. The number of amides is 2. The highest BCUT2D eigenvalue weighted by Gasteiger charge is 2.47. The third-order valence-corrected chi connectivity index (χ3v) is 7.69. The van der Waals surface area contributed by atoms with Crippen LogP contribution in [-0.2, 0) is 12.1 Å². The Kier molecular flexibility index (Phi) is 5.78. The molecule has 3 atom stereocenters. The van der Waals surface area contributed by atoms with E-state index in [0.717, 1.165) is 30.5 Å². The first-order valence-electron chi connectivity index (χ1n) is 12.8. The molecule has 12 nitrogen and oxygen atoms in total. The maximum atomic E-state index is 13.3. The first-order valence-corrected chi connectivity index (χ1v) is 12.8. The van der Waals surface area contributed by atoms with Gasteiger partial charge in [0.1, 0.15) is 0 Å². The van der Waals surface area contributed by atoms with Gasteiger partial charge in [-0.25, -0.2) is 11.4 Å². The van der Waals surface area contributed by atoms with Crippen molar-refractivity contribution in [3.63, 3.8) is 0 Å². The van der Waals surface area contributed by atoms with Gasteiger partial charge in [-0.1, -0.05) is 30.3 Å². The Labute approximate surface area is 220 Å². The number of methoxy groups -OCH3 is 1. The number of ether oxygens (including phenoxy) is 1. The van der Waals surface area contributed by atoms with Crippen molar-refractivity contribution in [2.24, 2.45) is 0 Å². The molecular formula is C26H30N10O2. The summed E-state index contributed by atoms with van der Waals surface area (Å²) in [6.07, 6.45) is 2.31. The van der Waals surface area contributed by atoms with Gasteiger partial charge in [0.2, 0.25) is 11.9 Å². The molecule has 6 rings (SSSR count). The number of rotatable bonds is 6. The predicted molar refractivity (Wildman–Crippen MR) is 140 cm³/mol. The molecule has 2 amide bonds. The number of aromatic nitrogens is 5. The van der Waals surface area contributed by atoms with Gasteiger partial charge in [-0.2, -0.15) is 20.1 Å². The number of urea groups is 1. The molecule has 1 aromatic carbocycles. The van der Waals surface area contributed by atoms with Crippen LogP contribution >= 0.6 is 0 Å². The lowest BCUT2D eigenvalue weighted by molar-refractivity contribution is 0.142. The minimum Gasteiger partial charge on any atom is -0.467 e. The minimum atomic E-state index is -0.580. The van der Waals surface area contributed by atoms with E-state index in [1.807, 2.05) is 41.8 Å². The molecule has 0 spiro atoms. The lowest BCUT2D eigenvalue weighted by Crippen LogP contribution is -2.47. The Hall–Kier alpha value is -4.40. The molecule has 3 aliphatic rings. The summed E-state index contributed by atoms with van der Waals surface area (Å²) in [6.45, 7) is 12.6. The smallest absolute Gasteiger partial charge is 0.322 e. The van der Waals surface area contributed by atoms with Crippen molar-refractivity contribution in [1.82, 2.24) is 35.4 Å². The van der Waals surface area contributed by atoms with E-state index in [0.29, 0.717) is 30.8 Å². The number of hydrogen-bond acceptors (Lipinski definition) is 8. The Balaban J connectivity index is 1.19. The summed E-state index contributed by atoms with van der Waals surface area (Å²) in [4.78, 5) is 34.0. The lowest BCUT2D eigenvalue weighted by atomic mass is 10.0. The third-order valence-electron chi connectivity index (χ3n) is 7.69. The Morgan fingerprint density at radius 3 is 2.82 bits per heavy atom. The molecule has 3 N–H and O–H groups in total. The number of fused-ring (bicyclic) bond motifs is 1. The van der Waals surface area contributed by atoms with Gasteiger partial charge in [0, 0.05) is 30.5 Å². The number of nitrogens with zero attached hydrogens (tertiary/aromatic N) is 7. The Morgan fingerprint density at radius 1 is 1.24 bits per heavy atom. The standard InChI is InChI=1S/C26H30N10O2/c1-26(2)20-17(14-36(26)25(37)28-18-13-16(18)15-9-6-5-7-10-15)21(34-33-20)29-22-30-23(32-24(31-22)38-4)35-12-8-11-19(35)27-3/h5-7,9-10,16,18-19H,8,11-14H2,1-2,4H3,(H,28,37)(H2,29,30,31,32,33,34)/t16-,18?,19+/m1/s1. The van der Waals surface area contributed by atoms with Crippen LogP contribution in [0.25, 0.3) is 4.85 Å². The largest absolute Gasteiger partial charge is 0.467 e. The average Bonchev–Trinajstić information content (AvgIpc) is 3.23. The monoisotopic (exact) mass is 514 g/mol. The molecule has 4 heterocycles. The van der Waals surface area contributed by atoms with Crippen molar-refractivity contribution < 1.29 is 9.53 Å². The molecule has 1 unspecified atom stereocenters. The van der Waals surface area contributed by atoms with Gasteiger partial charge < -0.3 is 20.3 Å². The van der Waals surface area contributed by atoms with Crippen LogP contribution < -0.4 is 20.3 Å². The number of anilines is 3. The molecule has 1 saturated heterocycles. The third kappa shape index (κ3) is 4.13. The zero-order valence-corrected chi connectivity index (χ0v) is 21.6. The highest BCUT2D eigenvalue weighted by Crippen LogP contribution is 2.43. The summed E-state index contributed by atoms with van der Waals surface area (Å²) in [5, 5.41) is 14.0. The predicted octanol–water partition coefficient (Wildman–Crippen LogP) is 3.51. The molecule has 0 bridgehead atoms. The molecule has 1 aliphatic carbocycles. The van der Waals surface area contributed by atoms with Crippen LogP contribution in [0.5, 0.6) is 6.01 Å². The molecule has 1 saturated carbocycles. The minimum absolute atomic E-state index is 0.0997. The van der Waals surface area contributed by atoms with Gasteiger partial charge in [-0.3, -0.25) is 14.8 Å². The number of H-pyrrole nitrogens is 1. The van der Waals surface area contributed by atoms with Crippen LogP contribution in [0.3, 0.4) is 0 Å². The van der Waals surface area contributed by atoms with Crippen molar-refractivity contribution in [1.29, 1.82) is 0 Å². The number of hydrogen-bond donors (Lipinski definition) is 3. The summed E-state index contributed by atoms with van der Waals surface area (Å²) in [6, 6.07) is 10.5. The molecule has 0 radical (unpaired) electrons. The maximum Gasteiger partial charge on any atom is 0.322 e. The van der Waals surface area contributed by atoms with Gasteiger partial charge in [0.25, 0.3) is 0 Å². The Bertz CT molecular complexity index is 1400. The second-order valence-electron chi connectivity index (χ2n) is 10.4. The molecule has 38 heavy (non-hydrogen) atoms. The van der Waals surface area contributed by atoms with Crippen LogP contribution in [-0.4, -0.2) is 61.9 Å². The maximum absolute atomic E-state index is 13.3. The van der Waals surface area contributed by atoms with Crippen molar-refractivity contribution in [2.45, 2.75) is 63.3 Å². The van der Waals surface area contributed by atoms with E-state index in [9.17, 15) is 4.79 Å². The van der Waals surface area contributed by atoms with Crippen LogP contribution in [0.15, 0.2) is 30.3 Å². The van der Waals surface area contributed by atoms with Gasteiger partial charge in [-0.05, 0) is 32.3 Å². The molecule has 2 aliphatic heterocycles. The summed E-state index contributed by atoms with van der Waals surface area (Å²) < 4.78 is 5.31. The normalized spacial score (nSPS) is 23.1. The fourth-order valence-electron chi connectivity index (χ4n) is 5.45. The zero-order valence-electron chi connectivity index (χ0n) is 21.6. The van der Waals surface area contributed by atoms with Crippen LogP contribution in [0.1, 0.15) is 55.8 Å². The first kappa shape index (κ1) is 24.0. The highest BCUT2D eigenvalue weighted by molar-refractivity contribution is 5.78. The topological polar surface area (TPSA) is 129 Å². The molecule has 196 valence electrons. The van der Waals surface area contributed by atoms with Crippen LogP contribution in [0.2, 0.25) is 0 Å². The molecular weight excluding hydrogens is 484 g/mol. The van der Waals surface area contributed by atoms with E-state index in [1.165, 1.54) is 12.7 Å². The molecule has 3 aromatic rings. The molecule has 12 heteroatoms. The van der Waals surface area contributed by atoms with Gasteiger partial charge in [0.15, 0.2) is 5.82 Å². The van der Waals surface area contributed by atoms with Crippen LogP contribution in [0.4, 0.5) is 22.5 Å². The summed E-state index contributed by atoms with van der Waals surface area (Å²) >= 11 is 0. The van der Waals surface area contributed by atoms with Gasteiger partial charge >= 0.3 is 18.2 Å². The second kappa shape index (κ2) is 9.16. The quantitative estimate of drug-likeness (QED) is 0.427. The summed E-state index contributed by atoms with van der Waals surface area (Å²) in [5.74, 6) is 1.55. The number of aromatic amines is 1. The lowest BCUT2D eigenvalue weighted by Gasteiger charge is -2.32. The SMILES string of the molecule is [C-]#[N+][C@@H]1CCCN1c1nc(Nc2n[nH]c3c2CN(C(=O)NC2C[C@@H]2c2ccccc2)C3(C)C)nc(OC)n1. The molecule has 2 aromatic heterocycles. The number of nitrogens with one attached hydrogen (secondary N) is 3. The van der Waals surface area contributed by atoms with Crippen molar-refractivity contribution >= 4 is 23.7 Å². The van der Waals surface area contributed by atoms with E-state index in [4.69, 9.17) is 11.3 Å². The van der Waals surface area contributed by atoms with Crippen molar-refractivity contribution in [3.8, 4) is 6.01 Å². The zero-order chi connectivity index (χ0) is 26.4. The summed E-state index contributed by atoms with van der Waals surface area (Å²) in [7, 11) is 1.49. The van der Waals surface area contributed by atoms with Crippen molar-refractivity contribution in [2.75, 3.05) is 23.9 Å². The first-order chi connectivity index (χ1) is 18.4. The van der Waals surface area contributed by atoms with E-state index >= 15 is 0 Å². The van der Waals surface area contributed by atoms with E-state index in [1.54, 1.807) is 0 Å². The number of carbonyl (C=O) groups is 1. The van der Waals surface area contributed by atoms with Gasteiger partial charge in [-0.15, -0.1) is 0 Å². The average molecular weight is 515 g/mol. The van der Waals surface area contributed by atoms with E-state index < -0.39 is 5.54 Å². The summed E-state index contributed by atoms with van der Waals surface area (Å²) in [5.41, 5.74) is 2.41. The highest BCUT2D eigenvalue weighted by atomic mass is 16.5. The van der Waals surface area contributed by atoms with E-state index in [-0.39, 0.29) is 30.2 Å². The fourth-order valence-corrected chi connectivity index (χ4v) is 5.45. The number of carbonyl (C=O) groups excluding carboxylic acids is 1. The fraction of sp³-hybridized carbons (Fsp3) is 0.462. The van der Waals surface area contributed by atoms with Gasteiger partial charge in [0.05, 0.1) is 24.9 Å². The second-order valence-corrected chi connectivity index (χ2v) is 10.4. The van der Waals surface area contributed by atoms with E-state index in [2.05, 4.69) is 52.8 Å². The van der Waals surface area contributed by atoms with Crippen LogP contribution in [0, 0.1) is 6.57 Å². The van der Waals surface area contributed by atoms with Crippen molar-refractivity contribution in [3.05, 3.63) is 58.6 Å². The molecule has 2 fully saturated rings.